The second-order valence-corrected chi connectivity index (χ2v) is 7.74. The first-order chi connectivity index (χ1) is 10.7. The minimum Gasteiger partial charge on any atom is -0.444 e. The third kappa shape index (κ3) is 7.53. The monoisotopic (exact) mass is 328 g/mol. The molecule has 0 bridgehead atoms. The molecule has 0 spiro atoms. The lowest BCUT2D eigenvalue weighted by Crippen LogP contribution is -2.52. The van der Waals surface area contributed by atoms with Gasteiger partial charge in [0, 0.05) is 31.8 Å². The Bertz CT molecular complexity index is 353. The quantitative estimate of drug-likeness (QED) is 0.778. The van der Waals surface area contributed by atoms with Crippen LogP contribution in [-0.2, 0) is 9.47 Å². The number of amides is 1. The first kappa shape index (κ1) is 20.2. The average Bonchev–Trinajstić information content (AvgIpc) is 2.45. The number of carbonyl (C=O) groups is 1. The van der Waals surface area contributed by atoms with E-state index in [1.807, 2.05) is 32.6 Å². The van der Waals surface area contributed by atoms with Gasteiger partial charge in [-0.1, -0.05) is 13.8 Å². The van der Waals surface area contributed by atoms with Gasteiger partial charge in [-0.2, -0.15) is 0 Å². The molecule has 0 radical (unpaired) electrons. The summed E-state index contributed by atoms with van der Waals surface area (Å²) < 4.78 is 11.1. The smallest absolute Gasteiger partial charge is 0.410 e. The molecule has 136 valence electrons. The van der Waals surface area contributed by atoms with E-state index in [9.17, 15) is 4.79 Å². The van der Waals surface area contributed by atoms with Gasteiger partial charge >= 0.3 is 6.09 Å². The Morgan fingerprint density at radius 2 is 2.00 bits per heavy atom. The molecular weight excluding hydrogens is 292 g/mol. The lowest BCUT2D eigenvalue weighted by Gasteiger charge is -2.38. The van der Waals surface area contributed by atoms with Gasteiger partial charge in [-0.15, -0.1) is 0 Å². The molecule has 0 aromatic heterocycles. The van der Waals surface area contributed by atoms with Crippen molar-refractivity contribution in [3.8, 4) is 0 Å². The highest BCUT2D eigenvalue weighted by atomic mass is 16.6. The molecule has 2 atom stereocenters. The van der Waals surface area contributed by atoms with Crippen LogP contribution in [-0.4, -0.2) is 55.0 Å². The average molecular weight is 328 g/mol. The van der Waals surface area contributed by atoms with Gasteiger partial charge in [-0.25, -0.2) is 4.79 Å². The zero-order valence-electron chi connectivity index (χ0n) is 15.9. The van der Waals surface area contributed by atoms with E-state index in [0.717, 1.165) is 32.5 Å². The van der Waals surface area contributed by atoms with Crippen molar-refractivity contribution in [1.29, 1.82) is 0 Å². The predicted molar refractivity (Wildman–Crippen MR) is 93.7 cm³/mol. The van der Waals surface area contributed by atoms with Crippen LogP contribution in [0, 0.1) is 5.92 Å². The summed E-state index contributed by atoms with van der Waals surface area (Å²) in [4.78, 5) is 14.3. The van der Waals surface area contributed by atoms with E-state index >= 15 is 0 Å². The van der Waals surface area contributed by atoms with Gasteiger partial charge in [0.2, 0.25) is 0 Å². The minimum absolute atomic E-state index is 0.185. The van der Waals surface area contributed by atoms with Crippen molar-refractivity contribution in [2.24, 2.45) is 5.92 Å². The van der Waals surface area contributed by atoms with E-state index in [1.165, 1.54) is 6.42 Å². The normalized spacial score (nSPS) is 20.7. The topological polar surface area (TPSA) is 50.8 Å². The molecule has 0 aliphatic carbocycles. The number of likely N-dealkylation sites (tertiary alicyclic amines) is 1. The molecule has 1 N–H and O–H groups in total. The van der Waals surface area contributed by atoms with E-state index in [1.54, 1.807) is 0 Å². The zero-order valence-corrected chi connectivity index (χ0v) is 15.9. The molecule has 1 amide bonds. The third-order valence-corrected chi connectivity index (χ3v) is 4.18. The van der Waals surface area contributed by atoms with Crippen LogP contribution in [0.5, 0.6) is 0 Å². The molecule has 1 heterocycles. The lowest BCUT2D eigenvalue weighted by molar-refractivity contribution is 0.00888. The Balaban J connectivity index is 2.58. The Labute approximate surface area is 142 Å². The number of piperidine rings is 1. The first-order valence-electron chi connectivity index (χ1n) is 9.05. The summed E-state index contributed by atoms with van der Waals surface area (Å²) in [5.74, 6) is 0.500. The number of hydrogen-bond donors (Lipinski definition) is 1. The maximum Gasteiger partial charge on any atom is 0.410 e. The molecule has 0 saturated carbocycles. The van der Waals surface area contributed by atoms with Gasteiger partial charge in [0.15, 0.2) is 0 Å². The molecule has 1 fully saturated rings. The molecule has 23 heavy (non-hydrogen) atoms. The van der Waals surface area contributed by atoms with Crippen LogP contribution in [0.15, 0.2) is 0 Å². The lowest BCUT2D eigenvalue weighted by atomic mass is 10.0. The molecule has 1 saturated heterocycles. The SMILES string of the molecule is CCOCC(NCC1CCCCN1C(=O)OC(C)(C)C)C(C)C. The van der Waals surface area contributed by atoms with Crippen molar-refractivity contribution in [3.63, 3.8) is 0 Å². The maximum atomic E-state index is 12.4. The number of ether oxygens (including phenoxy) is 2. The van der Waals surface area contributed by atoms with Gasteiger partial charge in [-0.3, -0.25) is 0 Å². The van der Waals surface area contributed by atoms with Crippen LogP contribution in [0.3, 0.4) is 0 Å². The Hall–Kier alpha value is -0.810. The van der Waals surface area contributed by atoms with Crippen LogP contribution in [0.4, 0.5) is 4.79 Å². The molecule has 5 heteroatoms. The van der Waals surface area contributed by atoms with E-state index in [0.29, 0.717) is 18.6 Å². The highest BCUT2D eigenvalue weighted by Crippen LogP contribution is 2.20. The Kier molecular flexibility index (Phi) is 8.34. The van der Waals surface area contributed by atoms with Crippen LogP contribution < -0.4 is 5.32 Å². The van der Waals surface area contributed by atoms with Gasteiger partial charge in [0.25, 0.3) is 0 Å². The molecule has 1 aliphatic heterocycles. The van der Waals surface area contributed by atoms with Crippen LogP contribution >= 0.6 is 0 Å². The van der Waals surface area contributed by atoms with Crippen molar-refractivity contribution in [2.45, 2.75) is 78.5 Å². The number of carbonyl (C=O) groups excluding carboxylic acids is 1. The molecular formula is C18H36N2O3. The highest BCUT2D eigenvalue weighted by molar-refractivity contribution is 5.68. The summed E-state index contributed by atoms with van der Waals surface area (Å²) in [6.45, 7) is 15.2. The van der Waals surface area contributed by atoms with Crippen LogP contribution in [0.25, 0.3) is 0 Å². The van der Waals surface area contributed by atoms with Crippen molar-refractivity contribution in [1.82, 2.24) is 10.2 Å². The van der Waals surface area contributed by atoms with Crippen molar-refractivity contribution >= 4 is 6.09 Å². The van der Waals surface area contributed by atoms with Crippen molar-refractivity contribution in [3.05, 3.63) is 0 Å². The van der Waals surface area contributed by atoms with Crippen LogP contribution in [0.2, 0.25) is 0 Å². The standard InChI is InChI=1S/C18H36N2O3/c1-7-22-13-16(14(2)3)19-12-15-10-8-9-11-20(15)17(21)23-18(4,5)6/h14-16,19H,7-13H2,1-6H3. The van der Waals surface area contributed by atoms with Crippen molar-refractivity contribution < 1.29 is 14.3 Å². The Morgan fingerprint density at radius 3 is 2.57 bits per heavy atom. The third-order valence-electron chi connectivity index (χ3n) is 4.18. The van der Waals surface area contributed by atoms with Gasteiger partial charge < -0.3 is 19.7 Å². The van der Waals surface area contributed by atoms with Gasteiger partial charge in [0.05, 0.1) is 6.61 Å². The second kappa shape index (κ2) is 9.48. The highest BCUT2D eigenvalue weighted by Gasteiger charge is 2.30. The summed E-state index contributed by atoms with van der Waals surface area (Å²) in [6, 6.07) is 0.527. The summed E-state index contributed by atoms with van der Waals surface area (Å²) in [6.07, 6.45) is 3.08. The first-order valence-corrected chi connectivity index (χ1v) is 9.05. The fourth-order valence-corrected chi connectivity index (χ4v) is 2.79. The van der Waals surface area contributed by atoms with Gasteiger partial charge in [-0.05, 0) is 52.9 Å². The number of rotatable bonds is 7. The van der Waals surface area contributed by atoms with Crippen molar-refractivity contribution in [2.75, 3.05) is 26.3 Å². The summed E-state index contributed by atoms with van der Waals surface area (Å²) in [7, 11) is 0. The van der Waals surface area contributed by atoms with E-state index in [-0.39, 0.29) is 12.1 Å². The molecule has 0 aromatic rings. The largest absolute Gasteiger partial charge is 0.444 e. The predicted octanol–water partition coefficient (Wildman–Crippen LogP) is 3.43. The zero-order chi connectivity index (χ0) is 17.5. The van der Waals surface area contributed by atoms with Gasteiger partial charge in [0.1, 0.15) is 5.60 Å². The molecule has 1 rings (SSSR count). The fourth-order valence-electron chi connectivity index (χ4n) is 2.79. The summed E-state index contributed by atoms with van der Waals surface area (Å²) in [5.41, 5.74) is -0.443. The van der Waals surface area contributed by atoms with E-state index in [4.69, 9.17) is 9.47 Å². The molecule has 0 aromatic carbocycles. The van der Waals surface area contributed by atoms with E-state index in [2.05, 4.69) is 19.2 Å². The number of nitrogens with one attached hydrogen (secondary N) is 1. The molecule has 2 unspecified atom stereocenters. The number of nitrogens with zero attached hydrogens (tertiary/aromatic N) is 1. The fraction of sp³-hybridized carbons (Fsp3) is 0.944. The molecule has 5 nitrogen and oxygen atoms in total. The maximum absolute atomic E-state index is 12.4. The summed E-state index contributed by atoms with van der Waals surface area (Å²) in [5, 5.41) is 3.60. The Morgan fingerprint density at radius 1 is 1.30 bits per heavy atom. The molecule has 1 aliphatic rings. The number of hydrogen-bond acceptors (Lipinski definition) is 4. The second-order valence-electron chi connectivity index (χ2n) is 7.74. The summed E-state index contributed by atoms with van der Waals surface area (Å²) >= 11 is 0. The van der Waals surface area contributed by atoms with Crippen LogP contribution in [0.1, 0.15) is 60.8 Å². The van der Waals surface area contributed by atoms with E-state index < -0.39 is 5.60 Å². The minimum atomic E-state index is -0.443.